The SMILES string of the molecule is O=C(c1ccsc1)N1CCN(S(=O)(=O)c2cc(F)ccc2F)CC1. The molecule has 0 bridgehead atoms. The molecule has 9 heteroatoms. The van der Waals surface area contributed by atoms with Crippen molar-refractivity contribution in [1.29, 1.82) is 0 Å². The van der Waals surface area contributed by atoms with E-state index in [1.54, 1.807) is 21.7 Å². The molecule has 0 unspecified atom stereocenters. The molecular weight excluding hydrogens is 358 g/mol. The zero-order valence-electron chi connectivity index (χ0n) is 12.5. The predicted octanol–water partition coefficient (Wildman–Crippen LogP) is 2.17. The van der Waals surface area contributed by atoms with E-state index in [1.165, 1.54) is 11.3 Å². The molecule has 0 radical (unpaired) electrons. The zero-order valence-corrected chi connectivity index (χ0v) is 14.1. The van der Waals surface area contributed by atoms with Gasteiger partial charge in [0, 0.05) is 31.6 Å². The van der Waals surface area contributed by atoms with Crippen LogP contribution in [0.2, 0.25) is 0 Å². The van der Waals surface area contributed by atoms with E-state index in [9.17, 15) is 22.0 Å². The van der Waals surface area contributed by atoms with Crippen molar-refractivity contribution in [3.8, 4) is 0 Å². The molecule has 2 heterocycles. The highest BCUT2D eigenvalue weighted by molar-refractivity contribution is 7.89. The molecule has 5 nitrogen and oxygen atoms in total. The van der Waals surface area contributed by atoms with Crippen molar-refractivity contribution in [2.24, 2.45) is 0 Å². The van der Waals surface area contributed by atoms with Crippen molar-refractivity contribution in [2.45, 2.75) is 4.90 Å². The lowest BCUT2D eigenvalue weighted by Crippen LogP contribution is -2.50. The molecule has 3 rings (SSSR count). The van der Waals surface area contributed by atoms with Crippen LogP contribution < -0.4 is 0 Å². The van der Waals surface area contributed by atoms with Gasteiger partial charge in [0.15, 0.2) is 0 Å². The summed E-state index contributed by atoms with van der Waals surface area (Å²) in [6.45, 7) is 0.470. The van der Waals surface area contributed by atoms with Crippen LogP contribution in [0.3, 0.4) is 0 Å². The van der Waals surface area contributed by atoms with E-state index in [1.807, 2.05) is 0 Å². The summed E-state index contributed by atoms with van der Waals surface area (Å²) in [6, 6.07) is 4.04. The van der Waals surface area contributed by atoms with Crippen molar-refractivity contribution >= 4 is 27.3 Å². The van der Waals surface area contributed by atoms with Gasteiger partial charge < -0.3 is 4.90 Å². The molecule has 0 saturated carbocycles. The second-order valence-corrected chi connectivity index (χ2v) is 7.97. The van der Waals surface area contributed by atoms with Crippen molar-refractivity contribution in [3.63, 3.8) is 0 Å². The molecule has 1 saturated heterocycles. The lowest BCUT2D eigenvalue weighted by molar-refractivity contribution is 0.0698. The first-order valence-corrected chi connectivity index (χ1v) is 9.54. The van der Waals surface area contributed by atoms with E-state index in [4.69, 9.17) is 0 Å². The van der Waals surface area contributed by atoms with Gasteiger partial charge in [-0.05, 0) is 29.6 Å². The van der Waals surface area contributed by atoms with E-state index >= 15 is 0 Å². The Morgan fingerprint density at radius 2 is 1.79 bits per heavy atom. The number of nitrogens with zero attached hydrogens (tertiary/aromatic N) is 2. The van der Waals surface area contributed by atoms with Crippen molar-refractivity contribution in [3.05, 3.63) is 52.2 Å². The largest absolute Gasteiger partial charge is 0.336 e. The van der Waals surface area contributed by atoms with E-state index in [2.05, 4.69) is 0 Å². The van der Waals surface area contributed by atoms with E-state index in [0.717, 1.165) is 16.4 Å². The molecule has 1 aromatic carbocycles. The molecule has 1 aliphatic rings. The van der Waals surface area contributed by atoms with Crippen molar-refractivity contribution in [2.75, 3.05) is 26.2 Å². The van der Waals surface area contributed by atoms with Gasteiger partial charge in [-0.15, -0.1) is 0 Å². The van der Waals surface area contributed by atoms with Gasteiger partial charge in [-0.3, -0.25) is 4.79 Å². The first-order chi connectivity index (χ1) is 11.4. The number of carbonyl (C=O) groups is 1. The average Bonchev–Trinajstić information content (AvgIpc) is 3.11. The van der Waals surface area contributed by atoms with Gasteiger partial charge in [0.25, 0.3) is 5.91 Å². The van der Waals surface area contributed by atoms with Crippen molar-refractivity contribution in [1.82, 2.24) is 9.21 Å². The van der Waals surface area contributed by atoms with Gasteiger partial charge in [-0.1, -0.05) is 0 Å². The monoisotopic (exact) mass is 372 g/mol. The van der Waals surface area contributed by atoms with Gasteiger partial charge in [0.1, 0.15) is 16.5 Å². The maximum atomic E-state index is 13.8. The molecule has 128 valence electrons. The minimum absolute atomic E-state index is 0.0359. The molecular formula is C15H14F2N2O3S2. The Kier molecular flexibility index (Phi) is 4.66. The van der Waals surface area contributed by atoms with Gasteiger partial charge >= 0.3 is 0 Å². The number of halogens is 2. The third-order valence-corrected chi connectivity index (χ3v) is 6.40. The van der Waals surface area contributed by atoms with Crippen LogP contribution in [0.1, 0.15) is 10.4 Å². The first-order valence-electron chi connectivity index (χ1n) is 7.16. The van der Waals surface area contributed by atoms with Gasteiger partial charge in [-0.2, -0.15) is 15.6 Å². The number of piperazine rings is 1. The molecule has 1 amide bonds. The van der Waals surface area contributed by atoms with Gasteiger partial charge in [0.2, 0.25) is 10.0 Å². The topological polar surface area (TPSA) is 57.7 Å². The summed E-state index contributed by atoms with van der Waals surface area (Å²) in [5, 5.41) is 3.52. The number of amides is 1. The number of thiophene rings is 1. The second-order valence-electron chi connectivity index (χ2n) is 5.28. The van der Waals surface area contributed by atoms with E-state index in [0.29, 0.717) is 11.6 Å². The minimum Gasteiger partial charge on any atom is -0.336 e. The summed E-state index contributed by atoms with van der Waals surface area (Å²) < 4.78 is 53.1. The molecule has 0 N–H and O–H groups in total. The standard InChI is InChI=1S/C15H14F2N2O3S2/c16-12-1-2-13(17)14(9-12)24(21,22)19-6-4-18(5-7-19)15(20)11-3-8-23-10-11/h1-3,8-10H,4-7H2. The minimum atomic E-state index is -4.14. The summed E-state index contributed by atoms with van der Waals surface area (Å²) in [4.78, 5) is 13.1. The quantitative estimate of drug-likeness (QED) is 0.830. The van der Waals surface area contributed by atoms with Crippen LogP contribution in [0.15, 0.2) is 39.9 Å². The Morgan fingerprint density at radius 1 is 1.08 bits per heavy atom. The Balaban J connectivity index is 1.74. The fraction of sp³-hybridized carbons (Fsp3) is 0.267. The second kappa shape index (κ2) is 6.58. The summed E-state index contributed by atoms with van der Waals surface area (Å²) in [7, 11) is -4.14. The number of sulfonamides is 1. The fourth-order valence-electron chi connectivity index (χ4n) is 2.51. The van der Waals surface area contributed by atoms with Gasteiger partial charge in [0.05, 0.1) is 5.56 Å². The maximum absolute atomic E-state index is 13.8. The molecule has 0 aliphatic carbocycles. The summed E-state index contributed by atoms with van der Waals surface area (Å²) in [5.74, 6) is -1.97. The van der Waals surface area contributed by atoms with Crippen LogP contribution in [0.4, 0.5) is 8.78 Å². The van der Waals surface area contributed by atoms with Crippen LogP contribution in [0.5, 0.6) is 0 Å². The molecule has 0 spiro atoms. The van der Waals surface area contributed by atoms with Crippen LogP contribution in [0.25, 0.3) is 0 Å². The highest BCUT2D eigenvalue weighted by Gasteiger charge is 2.32. The normalized spacial score (nSPS) is 16.3. The third-order valence-electron chi connectivity index (χ3n) is 3.81. The van der Waals surface area contributed by atoms with Crippen molar-refractivity contribution < 1.29 is 22.0 Å². The number of carbonyl (C=O) groups excluding carboxylic acids is 1. The van der Waals surface area contributed by atoms with Crippen LogP contribution in [-0.2, 0) is 10.0 Å². The van der Waals surface area contributed by atoms with Gasteiger partial charge in [-0.25, -0.2) is 17.2 Å². The van der Waals surface area contributed by atoms with E-state index < -0.39 is 26.6 Å². The van der Waals surface area contributed by atoms with Crippen LogP contribution in [0, 0.1) is 11.6 Å². The maximum Gasteiger partial charge on any atom is 0.254 e. The summed E-state index contributed by atoms with van der Waals surface area (Å²) in [5.41, 5.74) is 0.562. The molecule has 1 aromatic heterocycles. The average molecular weight is 372 g/mol. The number of hydrogen-bond donors (Lipinski definition) is 0. The van der Waals surface area contributed by atoms with Crippen LogP contribution >= 0.6 is 11.3 Å². The third kappa shape index (κ3) is 3.19. The number of hydrogen-bond acceptors (Lipinski definition) is 4. The molecule has 1 fully saturated rings. The molecule has 24 heavy (non-hydrogen) atoms. The number of benzene rings is 1. The molecule has 2 aromatic rings. The fourth-order valence-corrected chi connectivity index (χ4v) is 4.64. The summed E-state index contributed by atoms with van der Waals surface area (Å²) >= 11 is 1.41. The zero-order chi connectivity index (χ0) is 17.3. The summed E-state index contributed by atoms with van der Waals surface area (Å²) in [6.07, 6.45) is 0. The number of rotatable bonds is 3. The highest BCUT2D eigenvalue weighted by atomic mass is 32.2. The Morgan fingerprint density at radius 3 is 2.42 bits per heavy atom. The Labute approximate surface area is 142 Å². The van der Waals surface area contributed by atoms with Crippen LogP contribution in [-0.4, -0.2) is 49.7 Å². The lowest BCUT2D eigenvalue weighted by atomic mass is 10.2. The Hall–Kier alpha value is -1.84. The van der Waals surface area contributed by atoms with E-state index in [-0.39, 0.29) is 32.1 Å². The predicted molar refractivity (Wildman–Crippen MR) is 85.3 cm³/mol. The smallest absolute Gasteiger partial charge is 0.254 e. The Bertz CT molecular complexity index is 846. The molecule has 1 aliphatic heterocycles. The first kappa shape index (κ1) is 17.0. The molecule has 0 atom stereocenters. The highest BCUT2D eigenvalue weighted by Crippen LogP contribution is 2.22. The lowest BCUT2D eigenvalue weighted by Gasteiger charge is -2.33.